The average Bonchev–Trinajstić information content (AvgIpc) is 2.57. The Hall–Kier alpha value is -1.89. The molecule has 0 aromatic heterocycles. The first-order valence-corrected chi connectivity index (χ1v) is 10.1. The first kappa shape index (κ1) is 19.4. The molecule has 1 aliphatic rings. The quantitative estimate of drug-likeness (QED) is 0.835. The zero-order valence-corrected chi connectivity index (χ0v) is 15.8. The Balaban J connectivity index is 2.02. The molecule has 1 aliphatic carbocycles. The van der Waals surface area contributed by atoms with Crippen LogP contribution in [0.1, 0.15) is 50.2 Å². The fraction of sp³-hybridized carbons (Fsp3) is 0.556. The van der Waals surface area contributed by atoms with E-state index in [9.17, 15) is 18.0 Å². The van der Waals surface area contributed by atoms with Crippen LogP contribution in [0.5, 0.6) is 0 Å². The highest BCUT2D eigenvalue weighted by molar-refractivity contribution is 7.90. The molecule has 7 heteroatoms. The van der Waals surface area contributed by atoms with Gasteiger partial charge in [-0.3, -0.25) is 9.59 Å². The smallest absolute Gasteiger partial charge is 0.264 e. The van der Waals surface area contributed by atoms with Gasteiger partial charge < -0.3 is 5.32 Å². The molecule has 1 fully saturated rings. The van der Waals surface area contributed by atoms with Crippen molar-refractivity contribution in [3.8, 4) is 0 Å². The van der Waals surface area contributed by atoms with Gasteiger partial charge in [-0.25, -0.2) is 13.1 Å². The van der Waals surface area contributed by atoms with E-state index in [2.05, 4.69) is 10.0 Å². The third kappa shape index (κ3) is 5.04. The predicted octanol–water partition coefficient (Wildman–Crippen LogP) is 2.19. The number of aryl methyl sites for hydroxylation is 2. The Labute approximate surface area is 149 Å². The van der Waals surface area contributed by atoms with Crippen LogP contribution in [0.25, 0.3) is 0 Å². The molecular formula is C18H26N2O4S. The van der Waals surface area contributed by atoms with Gasteiger partial charge in [0.2, 0.25) is 5.91 Å². The zero-order valence-electron chi connectivity index (χ0n) is 15.0. The monoisotopic (exact) mass is 366 g/mol. The third-order valence-electron chi connectivity index (χ3n) is 4.60. The van der Waals surface area contributed by atoms with Crippen LogP contribution in [0.15, 0.2) is 23.1 Å². The van der Waals surface area contributed by atoms with Crippen LogP contribution in [-0.2, 0) is 19.6 Å². The predicted molar refractivity (Wildman–Crippen MR) is 95.4 cm³/mol. The molecule has 2 rings (SSSR count). The van der Waals surface area contributed by atoms with E-state index in [-0.39, 0.29) is 16.7 Å². The van der Waals surface area contributed by atoms with Gasteiger partial charge in [0.05, 0.1) is 4.90 Å². The largest absolute Gasteiger partial charge is 0.344 e. The lowest BCUT2D eigenvalue weighted by molar-refractivity contribution is -0.130. The minimum Gasteiger partial charge on any atom is -0.344 e. The molecule has 0 saturated heterocycles. The van der Waals surface area contributed by atoms with Gasteiger partial charge in [0.15, 0.2) is 0 Å². The number of hydrogen-bond acceptors (Lipinski definition) is 4. The first-order chi connectivity index (χ1) is 11.7. The number of sulfonamides is 1. The first-order valence-electron chi connectivity index (χ1n) is 8.65. The lowest BCUT2D eigenvalue weighted by Gasteiger charge is -2.23. The van der Waals surface area contributed by atoms with Gasteiger partial charge in [0.1, 0.15) is 6.04 Å². The van der Waals surface area contributed by atoms with Crippen molar-refractivity contribution in [2.24, 2.45) is 5.92 Å². The fourth-order valence-electron chi connectivity index (χ4n) is 3.03. The second-order valence-electron chi connectivity index (χ2n) is 6.80. The number of benzene rings is 1. The lowest BCUT2D eigenvalue weighted by Crippen LogP contribution is -2.48. The number of carbonyl (C=O) groups excluding carboxylic acids is 2. The van der Waals surface area contributed by atoms with Crippen LogP contribution in [0.2, 0.25) is 0 Å². The number of carbonyl (C=O) groups is 2. The summed E-state index contributed by atoms with van der Waals surface area (Å²) >= 11 is 0. The highest BCUT2D eigenvalue weighted by Crippen LogP contribution is 2.23. The Morgan fingerprint density at radius 3 is 2.40 bits per heavy atom. The number of rotatable bonds is 5. The third-order valence-corrected chi connectivity index (χ3v) is 6.08. The molecule has 1 aromatic carbocycles. The van der Waals surface area contributed by atoms with Crippen LogP contribution < -0.4 is 10.0 Å². The van der Waals surface area contributed by atoms with Crippen LogP contribution >= 0.6 is 0 Å². The number of amides is 2. The van der Waals surface area contributed by atoms with Crippen molar-refractivity contribution in [3.63, 3.8) is 0 Å². The summed E-state index contributed by atoms with van der Waals surface area (Å²) in [7, 11) is -3.97. The van der Waals surface area contributed by atoms with Crippen molar-refractivity contribution in [1.29, 1.82) is 0 Å². The van der Waals surface area contributed by atoms with E-state index in [1.165, 1.54) is 13.0 Å². The van der Waals surface area contributed by atoms with Gasteiger partial charge in [-0.05, 0) is 50.8 Å². The summed E-state index contributed by atoms with van der Waals surface area (Å²) in [5, 5.41) is 2.63. The summed E-state index contributed by atoms with van der Waals surface area (Å²) in [5.74, 6) is -0.990. The van der Waals surface area contributed by atoms with Crippen LogP contribution in [0.4, 0.5) is 0 Å². The normalized spacial score (nSPS) is 16.9. The van der Waals surface area contributed by atoms with Gasteiger partial charge in [-0.2, -0.15) is 0 Å². The lowest BCUT2D eigenvalue weighted by atomic mass is 9.88. The van der Waals surface area contributed by atoms with Crippen molar-refractivity contribution >= 4 is 21.8 Å². The molecule has 1 saturated carbocycles. The summed E-state index contributed by atoms with van der Waals surface area (Å²) in [5.41, 5.74) is 1.35. The zero-order chi connectivity index (χ0) is 18.6. The molecule has 0 spiro atoms. The molecular weight excluding hydrogens is 340 g/mol. The van der Waals surface area contributed by atoms with Crippen molar-refractivity contribution < 1.29 is 18.0 Å². The average molecular weight is 366 g/mol. The van der Waals surface area contributed by atoms with Crippen LogP contribution in [0.3, 0.4) is 0 Å². The molecule has 2 N–H and O–H groups in total. The Morgan fingerprint density at radius 2 is 1.76 bits per heavy atom. The highest BCUT2D eigenvalue weighted by Gasteiger charge is 2.27. The Bertz CT molecular complexity index is 752. The standard InChI is InChI=1S/C18H26N2O4S/c1-12-9-10-13(2)16(11-12)25(23,24)20-17(21)14(3)19-18(22)15-7-5-4-6-8-15/h9-11,14-15H,4-8H2,1-3H3,(H,19,22)(H,20,21). The molecule has 0 bridgehead atoms. The maximum absolute atomic E-state index is 12.5. The second kappa shape index (κ2) is 7.99. The molecule has 0 aliphatic heterocycles. The molecule has 2 amide bonds. The maximum atomic E-state index is 12.5. The summed E-state index contributed by atoms with van der Waals surface area (Å²) in [6.07, 6.45) is 4.80. The van der Waals surface area contributed by atoms with Crippen molar-refractivity contribution in [1.82, 2.24) is 10.0 Å². The summed E-state index contributed by atoms with van der Waals surface area (Å²) in [6.45, 7) is 4.95. The van der Waals surface area contributed by atoms with E-state index in [0.29, 0.717) is 5.56 Å². The van der Waals surface area contributed by atoms with E-state index in [0.717, 1.165) is 37.7 Å². The summed E-state index contributed by atoms with van der Waals surface area (Å²) < 4.78 is 27.0. The Morgan fingerprint density at radius 1 is 1.12 bits per heavy atom. The molecule has 1 atom stereocenters. The van der Waals surface area contributed by atoms with Crippen molar-refractivity contribution in [2.45, 2.75) is 63.8 Å². The fourth-order valence-corrected chi connectivity index (χ4v) is 4.42. The molecule has 1 aromatic rings. The van der Waals surface area contributed by atoms with Gasteiger partial charge in [-0.1, -0.05) is 31.4 Å². The highest BCUT2D eigenvalue weighted by atomic mass is 32.2. The molecule has 0 radical (unpaired) electrons. The van der Waals surface area contributed by atoms with E-state index in [4.69, 9.17) is 0 Å². The molecule has 1 unspecified atom stereocenters. The molecule has 0 heterocycles. The van der Waals surface area contributed by atoms with Gasteiger partial charge in [0.25, 0.3) is 15.9 Å². The number of hydrogen-bond donors (Lipinski definition) is 2. The Kier molecular flexibility index (Phi) is 6.21. The summed E-state index contributed by atoms with van der Waals surface area (Å²) in [6, 6.07) is 4.12. The van der Waals surface area contributed by atoms with E-state index >= 15 is 0 Å². The minimum absolute atomic E-state index is 0.0756. The van der Waals surface area contributed by atoms with E-state index in [1.807, 2.05) is 6.07 Å². The molecule has 6 nitrogen and oxygen atoms in total. The van der Waals surface area contributed by atoms with Crippen LogP contribution in [-0.4, -0.2) is 26.3 Å². The van der Waals surface area contributed by atoms with Crippen LogP contribution in [0, 0.1) is 19.8 Å². The molecule has 138 valence electrons. The van der Waals surface area contributed by atoms with E-state index in [1.54, 1.807) is 19.9 Å². The van der Waals surface area contributed by atoms with Crippen molar-refractivity contribution in [3.05, 3.63) is 29.3 Å². The topological polar surface area (TPSA) is 92.3 Å². The summed E-state index contributed by atoms with van der Waals surface area (Å²) in [4.78, 5) is 24.5. The second-order valence-corrected chi connectivity index (χ2v) is 8.45. The maximum Gasteiger partial charge on any atom is 0.264 e. The van der Waals surface area contributed by atoms with Gasteiger partial charge in [0, 0.05) is 5.92 Å². The van der Waals surface area contributed by atoms with E-state index < -0.39 is 22.0 Å². The molecule has 25 heavy (non-hydrogen) atoms. The van der Waals surface area contributed by atoms with Crippen molar-refractivity contribution in [2.75, 3.05) is 0 Å². The minimum atomic E-state index is -3.97. The van der Waals surface area contributed by atoms with Gasteiger partial charge in [-0.15, -0.1) is 0 Å². The SMILES string of the molecule is Cc1ccc(C)c(S(=O)(=O)NC(=O)C(C)NC(=O)C2CCCCC2)c1. The number of nitrogens with one attached hydrogen (secondary N) is 2. The van der Waals surface area contributed by atoms with Gasteiger partial charge >= 0.3 is 0 Å².